The van der Waals surface area contributed by atoms with E-state index >= 15 is 0 Å². The third kappa shape index (κ3) is 25.4. The summed E-state index contributed by atoms with van der Waals surface area (Å²) in [6.07, 6.45) is 0. The molecular weight excluding hydrogens is 344 g/mol. The minimum atomic E-state index is -3.76. The molecule has 0 aliphatic carbocycles. The van der Waals surface area contributed by atoms with Crippen molar-refractivity contribution in [3.05, 3.63) is 0 Å². The fraction of sp³-hybridized carbons (Fsp3) is 0. The first-order chi connectivity index (χ1) is 1.73. The van der Waals surface area contributed by atoms with Crippen LogP contribution in [0.2, 0.25) is 0 Å². The van der Waals surface area contributed by atoms with Crippen LogP contribution in [0, 0.1) is 36.9 Å². The molecule has 0 aliphatic rings. The Labute approximate surface area is 67.2 Å². The Kier molecular flexibility index (Phi) is 11.6. The van der Waals surface area contributed by atoms with Gasteiger partial charge in [-0.05, 0) is 3.44 Å². The van der Waals surface area contributed by atoms with Crippen LogP contribution in [0.15, 0.2) is 0 Å². The smallest absolute Gasteiger partial charge is 0.396 e. The van der Waals surface area contributed by atoms with Crippen LogP contribution in [-0.2, 0) is 0 Å². The van der Waals surface area contributed by atoms with Crippen molar-refractivity contribution in [3.8, 4) is 0 Å². The molecule has 5 heteroatoms. The molecule has 0 rings (SSSR count). The van der Waals surface area contributed by atoms with E-state index in [2.05, 4.69) is 0 Å². The zero-order valence-corrected chi connectivity index (χ0v) is 5.86. The van der Waals surface area contributed by atoms with E-state index in [1.807, 2.05) is 0 Å². The summed E-state index contributed by atoms with van der Waals surface area (Å²) in [5, 5.41) is 0. The van der Waals surface area contributed by atoms with Crippen LogP contribution in [0.5, 0.6) is 0 Å². The maximum Gasteiger partial charge on any atom is 0.503 e. The average Bonchev–Trinajstić information content (AvgIpc) is 0.811. The molecule has 0 fully saturated rings. The van der Waals surface area contributed by atoms with Crippen LogP contribution < -0.4 is 27.9 Å². The molecule has 0 spiro atoms. The van der Waals surface area contributed by atoms with E-state index in [0.717, 1.165) is 0 Å². The zero-order chi connectivity index (χ0) is 3.58. The van der Waals surface area contributed by atoms with Gasteiger partial charge in [-0.1, -0.05) is 0 Å². The molecule has 0 unspecified atom stereocenters. The summed E-state index contributed by atoms with van der Waals surface area (Å²) in [6, 6.07) is 0. The van der Waals surface area contributed by atoms with Crippen molar-refractivity contribution in [2.45, 2.75) is 0 Å². The molecule has 0 aromatic heterocycles. The second-order valence-electron chi connectivity index (χ2n) is 0.201. The van der Waals surface area contributed by atoms with Crippen LogP contribution in [0.25, 0.3) is 0 Å². The van der Waals surface area contributed by atoms with E-state index in [4.69, 9.17) is 10.3 Å². The van der Waals surface area contributed by atoms with Crippen LogP contribution in [0.4, 0.5) is 0 Å². The van der Waals surface area contributed by atoms with Gasteiger partial charge in [0.05, 0.1) is 0 Å². The maximum atomic E-state index is 8.68. The van der Waals surface area contributed by atoms with Gasteiger partial charge >= 0.3 is 21.1 Å². The molecule has 0 aromatic carbocycles. The third-order valence-corrected chi connectivity index (χ3v) is 0. The molecule has 39 valence electrons. The molecular formula is HIO3Tm. The Morgan fingerprint density at radius 2 is 1.40 bits per heavy atom. The molecule has 1 radical (unpaired) electrons. The van der Waals surface area contributed by atoms with Crippen LogP contribution in [0.3, 0.4) is 0 Å². The van der Waals surface area contributed by atoms with Crippen LogP contribution in [0.1, 0.15) is 0 Å². The van der Waals surface area contributed by atoms with Gasteiger partial charge in [0, 0.05) is 36.9 Å². The minimum absolute atomic E-state index is 0. The number of halogens is 1. The van der Waals surface area contributed by atoms with Gasteiger partial charge in [0.2, 0.25) is 0 Å². The Morgan fingerprint density at radius 1 is 1.40 bits per heavy atom. The summed E-state index contributed by atoms with van der Waals surface area (Å²) >= 11 is -3.76. The van der Waals surface area contributed by atoms with Crippen molar-refractivity contribution in [2.75, 3.05) is 0 Å². The fourth-order valence-corrected chi connectivity index (χ4v) is 0. The maximum absolute atomic E-state index is 8.68. The predicted octanol–water partition coefficient (Wildman–Crippen LogP) is -5.93. The normalized spacial score (nSPS) is 7.20. The van der Waals surface area contributed by atoms with E-state index in [9.17, 15) is 0 Å². The molecule has 0 heterocycles. The van der Waals surface area contributed by atoms with Gasteiger partial charge in [-0.2, -0.15) is 0 Å². The second kappa shape index (κ2) is 5.84. The fourth-order valence-electron chi connectivity index (χ4n) is 0. The number of hydrogen-bond acceptors (Lipinski definition) is 3. The summed E-state index contributed by atoms with van der Waals surface area (Å²) in [7, 11) is 0. The Balaban J connectivity index is 0. The molecule has 0 bridgehead atoms. The Bertz CT molecular complexity index is 11.6. The third-order valence-electron chi connectivity index (χ3n) is 0. The summed E-state index contributed by atoms with van der Waals surface area (Å²) in [5.74, 6) is 0. The van der Waals surface area contributed by atoms with Gasteiger partial charge in [0.15, 0.2) is 0 Å². The summed E-state index contributed by atoms with van der Waals surface area (Å²) in [5.41, 5.74) is 0. The largest absolute Gasteiger partial charge is 0.503 e. The monoisotopic (exact) mass is 345 g/mol. The van der Waals surface area contributed by atoms with Gasteiger partial charge in [-0.15, -0.1) is 0 Å². The van der Waals surface area contributed by atoms with Gasteiger partial charge in [0.1, 0.15) is 0 Å². The minimum Gasteiger partial charge on any atom is -0.396 e. The van der Waals surface area contributed by atoms with E-state index in [1.165, 1.54) is 0 Å². The molecule has 0 saturated heterocycles. The number of rotatable bonds is 0. The molecule has 0 aliphatic heterocycles. The quantitative estimate of drug-likeness (QED) is 0.445. The molecule has 3 nitrogen and oxygen atoms in total. The van der Waals surface area contributed by atoms with Crippen molar-refractivity contribution in [1.29, 1.82) is 0 Å². The number of hydrogen-bond donors (Lipinski definition) is 1. The Morgan fingerprint density at radius 3 is 1.40 bits per heavy atom. The van der Waals surface area contributed by atoms with Crippen molar-refractivity contribution in [3.63, 3.8) is 0 Å². The molecule has 0 amide bonds. The van der Waals surface area contributed by atoms with Gasteiger partial charge in [0.25, 0.3) is 0 Å². The van der Waals surface area contributed by atoms with Gasteiger partial charge < -0.3 is 6.87 Å². The van der Waals surface area contributed by atoms with Crippen molar-refractivity contribution in [2.24, 2.45) is 0 Å². The first-order valence-corrected chi connectivity index (χ1v) is 3.20. The van der Waals surface area contributed by atoms with Gasteiger partial charge in [-0.3, -0.25) is 0 Å². The zero-order valence-electron chi connectivity index (χ0n) is 1.92. The molecule has 0 aromatic rings. The summed E-state index contributed by atoms with van der Waals surface area (Å²) < 4.78 is 24.5. The van der Waals surface area contributed by atoms with Gasteiger partial charge in [-0.25, -0.2) is 0 Å². The topological polar surface area (TPSA) is 66.3 Å². The molecule has 1 N–H and O–H groups in total. The SMILES string of the molecule is [O-][I+2]([O-])O.[Tm]. The van der Waals surface area contributed by atoms with Crippen LogP contribution in [-0.4, -0.2) is 3.44 Å². The average molecular weight is 345 g/mol. The van der Waals surface area contributed by atoms with E-state index in [-0.39, 0.29) is 36.9 Å². The van der Waals surface area contributed by atoms with E-state index in [0.29, 0.717) is 0 Å². The summed E-state index contributed by atoms with van der Waals surface area (Å²) in [6.45, 7) is 0. The molecule has 0 atom stereocenters. The first-order valence-electron chi connectivity index (χ1n) is 0.478. The Hall–Kier alpha value is 1.84. The van der Waals surface area contributed by atoms with Crippen LogP contribution >= 0.6 is 0 Å². The van der Waals surface area contributed by atoms with E-state index < -0.39 is 21.1 Å². The van der Waals surface area contributed by atoms with E-state index in [1.54, 1.807) is 0 Å². The first kappa shape index (κ1) is 9.96. The van der Waals surface area contributed by atoms with Crippen molar-refractivity contribution >= 4 is 0 Å². The standard InChI is InChI=1S/HIO3.Tm/c2-1(3)4;/h2H;. The van der Waals surface area contributed by atoms with Crippen molar-refractivity contribution in [1.82, 2.24) is 0 Å². The molecule has 0 saturated carbocycles. The second-order valence-corrected chi connectivity index (χ2v) is 1.35. The predicted molar refractivity (Wildman–Crippen MR) is 2.22 cm³/mol. The van der Waals surface area contributed by atoms with Crippen molar-refractivity contribution < 1.29 is 68.2 Å². The molecule has 5 heavy (non-hydrogen) atoms. The summed E-state index contributed by atoms with van der Waals surface area (Å²) in [4.78, 5) is 0.